The maximum Gasteiger partial charge on any atom is 0.315 e. The lowest BCUT2D eigenvalue weighted by molar-refractivity contribution is -0.136. The number of rotatable bonds is 27. The van der Waals surface area contributed by atoms with Crippen molar-refractivity contribution in [3.05, 3.63) is 18.2 Å². The Morgan fingerprint density at radius 2 is 1.56 bits per heavy atom. The van der Waals surface area contributed by atoms with Crippen LogP contribution in [-0.2, 0) is 44.8 Å². The number of fused-ring (bicyclic) bond motifs is 1. The monoisotopic (exact) mass is 850 g/mol. The molecule has 1 aromatic rings. The third kappa shape index (κ3) is 17.9. The summed E-state index contributed by atoms with van der Waals surface area (Å²) in [6.45, 7) is 2.48. The van der Waals surface area contributed by atoms with Gasteiger partial charge in [0, 0.05) is 54.6 Å². The molecule has 23 heteroatoms. The number of nitrogens with zero attached hydrogens (tertiary/aromatic N) is 1. The van der Waals surface area contributed by atoms with Crippen LogP contribution in [0, 0.1) is 11.8 Å². The summed E-state index contributed by atoms with van der Waals surface area (Å²) >= 11 is 1.84. The Morgan fingerprint density at radius 3 is 2.22 bits per heavy atom. The molecule has 10 amide bonds. The fraction of sp³-hybridized carbons (Fsp3) is 0.667. The number of primary amides is 1. The van der Waals surface area contributed by atoms with E-state index in [0.29, 0.717) is 43.2 Å². The second-order valence-corrected chi connectivity index (χ2v) is 16.2. The number of hydroxylamine groups is 1. The van der Waals surface area contributed by atoms with Crippen LogP contribution in [0.1, 0.15) is 77.3 Å². The quantitative estimate of drug-likeness (QED) is 0.0187. The van der Waals surface area contributed by atoms with Crippen LogP contribution < -0.4 is 53.7 Å². The number of carbonyl (C=O) groups is 9. The van der Waals surface area contributed by atoms with Crippen LogP contribution in [-0.4, -0.2) is 130 Å². The van der Waals surface area contributed by atoms with Crippen molar-refractivity contribution in [3.63, 3.8) is 0 Å². The van der Waals surface area contributed by atoms with Gasteiger partial charge in [-0.05, 0) is 44.4 Å². The van der Waals surface area contributed by atoms with E-state index in [1.807, 2.05) is 25.6 Å². The maximum absolute atomic E-state index is 13.1. The molecular weight excluding hydrogens is 793 g/mol. The van der Waals surface area contributed by atoms with Crippen molar-refractivity contribution >= 4 is 65.1 Å². The number of hydrogen-bond acceptors (Lipinski definition) is 12. The average molecular weight is 851 g/mol. The van der Waals surface area contributed by atoms with Gasteiger partial charge in [0.1, 0.15) is 12.1 Å². The summed E-state index contributed by atoms with van der Waals surface area (Å²) in [4.78, 5) is 118. The zero-order chi connectivity index (χ0) is 43.3. The van der Waals surface area contributed by atoms with Crippen molar-refractivity contribution < 1.29 is 48.4 Å². The molecule has 0 radical (unpaired) electrons. The molecule has 0 bridgehead atoms. The lowest BCUT2D eigenvalue weighted by Crippen LogP contribution is -2.52. The molecule has 328 valence electrons. The minimum absolute atomic E-state index is 0.0169. The molecule has 2 saturated heterocycles. The predicted octanol–water partition coefficient (Wildman–Crippen LogP) is -2.67. The molecule has 22 nitrogen and oxygen atoms in total. The van der Waals surface area contributed by atoms with Crippen LogP contribution in [0.25, 0.3) is 0 Å². The first-order valence-corrected chi connectivity index (χ1v) is 20.8. The fourth-order valence-electron chi connectivity index (χ4n) is 6.60. The summed E-state index contributed by atoms with van der Waals surface area (Å²) in [6, 6.07) is -1.99. The highest BCUT2D eigenvalue weighted by Gasteiger charge is 2.42. The van der Waals surface area contributed by atoms with E-state index in [2.05, 4.69) is 52.5 Å². The summed E-state index contributed by atoms with van der Waals surface area (Å²) < 4.78 is 0. The zero-order valence-corrected chi connectivity index (χ0v) is 34.2. The van der Waals surface area contributed by atoms with Crippen LogP contribution >= 0.6 is 11.8 Å². The third-order valence-corrected chi connectivity index (χ3v) is 11.1. The highest BCUT2D eigenvalue weighted by molar-refractivity contribution is 8.00. The van der Waals surface area contributed by atoms with Gasteiger partial charge in [0.2, 0.25) is 47.3 Å². The van der Waals surface area contributed by atoms with E-state index in [1.165, 1.54) is 18.0 Å². The van der Waals surface area contributed by atoms with Gasteiger partial charge in [-0.2, -0.15) is 11.8 Å². The minimum Gasteiger partial charge on any atom is -0.368 e. The van der Waals surface area contributed by atoms with E-state index in [1.54, 1.807) is 0 Å². The van der Waals surface area contributed by atoms with Crippen molar-refractivity contribution in [2.75, 3.05) is 31.9 Å². The topological polar surface area (TPSA) is 337 Å². The van der Waals surface area contributed by atoms with Gasteiger partial charge in [-0.25, -0.2) is 15.3 Å². The Bertz CT molecular complexity index is 1610. The molecule has 6 atom stereocenters. The van der Waals surface area contributed by atoms with Crippen molar-refractivity contribution in [2.45, 2.75) is 107 Å². The Morgan fingerprint density at radius 1 is 0.847 bits per heavy atom. The largest absolute Gasteiger partial charge is 0.368 e. The van der Waals surface area contributed by atoms with Crippen molar-refractivity contribution in [1.29, 1.82) is 0 Å². The second-order valence-electron chi connectivity index (χ2n) is 14.9. The summed E-state index contributed by atoms with van der Waals surface area (Å²) in [5.41, 5.74) is 7.46. The van der Waals surface area contributed by atoms with E-state index >= 15 is 0 Å². The number of urea groups is 1. The smallest absolute Gasteiger partial charge is 0.315 e. The normalized spacial score (nSPS) is 18.2. The molecule has 0 aliphatic carbocycles. The Balaban J connectivity index is 1.29. The van der Waals surface area contributed by atoms with Gasteiger partial charge in [0.15, 0.2) is 0 Å². The first-order chi connectivity index (χ1) is 28.1. The third-order valence-electron chi connectivity index (χ3n) is 9.61. The van der Waals surface area contributed by atoms with E-state index in [-0.39, 0.29) is 49.2 Å². The summed E-state index contributed by atoms with van der Waals surface area (Å²) in [7, 11) is 0. The highest BCUT2D eigenvalue weighted by Crippen LogP contribution is 2.33. The van der Waals surface area contributed by atoms with Gasteiger partial charge in [-0.1, -0.05) is 20.3 Å². The number of hydrogen-bond donors (Lipinski definition) is 12. The zero-order valence-electron chi connectivity index (χ0n) is 33.4. The van der Waals surface area contributed by atoms with Crippen molar-refractivity contribution in [2.24, 2.45) is 17.6 Å². The fourth-order valence-corrected chi connectivity index (χ4v) is 8.15. The maximum atomic E-state index is 13.1. The molecule has 13 N–H and O–H groups in total. The highest BCUT2D eigenvalue weighted by atomic mass is 32.2. The number of H-pyrrole nitrogens is 1. The number of unbranched alkanes of at least 4 members (excludes halogenated alkanes) is 2. The molecular formula is C36H58N12O10S. The number of aromatic nitrogens is 2. The summed E-state index contributed by atoms with van der Waals surface area (Å²) in [6.07, 6.45) is 6.93. The number of imidazole rings is 1. The van der Waals surface area contributed by atoms with Gasteiger partial charge in [-0.15, -0.1) is 0 Å². The number of carbonyl (C=O) groups excluding carboxylic acids is 9. The molecule has 0 aromatic carbocycles. The van der Waals surface area contributed by atoms with Gasteiger partial charge in [0.05, 0.1) is 38.0 Å². The van der Waals surface area contributed by atoms with E-state index in [9.17, 15) is 43.2 Å². The average Bonchev–Trinajstić information content (AvgIpc) is 3.94. The number of nitrogens with one attached hydrogen (secondary N) is 10. The van der Waals surface area contributed by atoms with Gasteiger partial charge in [-0.3, -0.25) is 43.6 Å². The molecule has 3 rings (SSSR count). The Kier molecular flexibility index (Phi) is 20.4. The molecule has 3 heterocycles. The van der Waals surface area contributed by atoms with Crippen LogP contribution in [0.5, 0.6) is 0 Å². The number of thioether (sulfide) groups is 1. The van der Waals surface area contributed by atoms with Gasteiger partial charge >= 0.3 is 6.03 Å². The molecule has 0 saturated carbocycles. The predicted molar refractivity (Wildman–Crippen MR) is 213 cm³/mol. The van der Waals surface area contributed by atoms with Crippen molar-refractivity contribution in [1.82, 2.24) is 58.0 Å². The van der Waals surface area contributed by atoms with Gasteiger partial charge < -0.3 is 53.3 Å². The molecule has 59 heavy (non-hydrogen) atoms. The number of aromatic amines is 1. The Labute approximate surface area is 346 Å². The summed E-state index contributed by atoms with van der Waals surface area (Å²) in [5, 5.41) is 30.1. The molecule has 2 aliphatic heterocycles. The van der Waals surface area contributed by atoms with Gasteiger partial charge in [0.25, 0.3) is 0 Å². The second kappa shape index (κ2) is 25.1. The number of amides is 10. The molecule has 2 fully saturated rings. The van der Waals surface area contributed by atoms with Crippen LogP contribution in [0.3, 0.4) is 0 Å². The van der Waals surface area contributed by atoms with Crippen molar-refractivity contribution in [3.8, 4) is 0 Å². The minimum atomic E-state index is -1.17. The van der Waals surface area contributed by atoms with E-state index in [0.717, 1.165) is 25.0 Å². The molecule has 0 spiro atoms. The molecule has 1 unspecified atom stereocenters. The van der Waals surface area contributed by atoms with Crippen LogP contribution in [0.2, 0.25) is 0 Å². The lowest BCUT2D eigenvalue weighted by Gasteiger charge is -2.22. The molecule has 1 aromatic heterocycles. The van der Waals surface area contributed by atoms with Crippen LogP contribution in [0.4, 0.5) is 4.79 Å². The first kappa shape index (κ1) is 47.9. The van der Waals surface area contributed by atoms with E-state index in [4.69, 9.17) is 10.9 Å². The lowest BCUT2D eigenvalue weighted by atomic mass is 9.92. The SMILES string of the molecule is CC(C)CC(CC(=O)NO)C(=O)N[C@@H](Cc1cnc[nH]1)C(=O)NCC(=O)NCC(=O)NCC(=O)N[C@@H](CCCCNC(=O)CCCC[C@@H]1SC[C@@H]2NC(=O)N[C@@H]21)C(N)=O. The van der Waals surface area contributed by atoms with Crippen LogP contribution in [0.15, 0.2) is 12.5 Å². The molecule has 2 aliphatic rings. The summed E-state index contributed by atoms with van der Waals surface area (Å²) in [5.74, 6) is -5.06. The standard InChI is InChI=1S/C36H58N12O10S/c1-20(2)11-21(12-28(50)48-58)34(55)45-24(13-22-14-38-19-43-22)35(56)42-16-30(52)40-15-29(51)41-17-31(53)44-23(33(37)54)7-5-6-10-39-27(49)9-4-3-8-26-32-25(18-59-26)46-36(57)47-32/h14,19-21,23-26,32,58H,3-13,15-18H2,1-2H3,(H2,37,54)(H,38,43)(H,39,49)(H,40,52)(H,41,51)(H,42,56)(H,44,53)(H,45,55)(H,48,50)(H2,46,47,57)/t21?,23-,24-,25-,26-,32-/m0/s1. The Hall–Kier alpha value is -5.45. The first-order valence-electron chi connectivity index (χ1n) is 19.7. The van der Waals surface area contributed by atoms with E-state index < -0.39 is 79.0 Å². The number of nitrogens with two attached hydrogens (primary N) is 1.